The SMILES string of the molecule is O=C(O)c1cnc(NCC2(C3CC3)CC2)c([N+](=O)[O-])c1. The first-order valence-electron chi connectivity index (χ1n) is 6.63. The van der Waals surface area contributed by atoms with E-state index >= 15 is 0 Å². The van der Waals surface area contributed by atoms with Gasteiger partial charge in [0.15, 0.2) is 0 Å². The zero-order valence-electron chi connectivity index (χ0n) is 10.8. The van der Waals surface area contributed by atoms with Crippen molar-refractivity contribution in [1.82, 2.24) is 4.98 Å². The molecule has 0 atom stereocenters. The first-order chi connectivity index (χ1) is 9.52. The lowest BCUT2D eigenvalue weighted by Crippen LogP contribution is -2.19. The highest BCUT2D eigenvalue weighted by atomic mass is 16.6. The summed E-state index contributed by atoms with van der Waals surface area (Å²) in [6.07, 6.45) is 5.95. The van der Waals surface area contributed by atoms with Crippen molar-refractivity contribution in [2.24, 2.45) is 11.3 Å². The lowest BCUT2D eigenvalue weighted by Gasteiger charge is -2.15. The Morgan fingerprint density at radius 2 is 2.25 bits per heavy atom. The van der Waals surface area contributed by atoms with E-state index in [1.807, 2.05) is 0 Å². The van der Waals surface area contributed by atoms with Gasteiger partial charge in [-0.2, -0.15) is 0 Å². The molecule has 1 aromatic heterocycles. The second-order valence-electron chi connectivity index (χ2n) is 5.64. The molecule has 0 aromatic carbocycles. The van der Waals surface area contributed by atoms with Crippen LogP contribution in [-0.2, 0) is 0 Å². The van der Waals surface area contributed by atoms with Crippen LogP contribution >= 0.6 is 0 Å². The Balaban J connectivity index is 1.78. The Morgan fingerprint density at radius 3 is 2.75 bits per heavy atom. The molecular formula is C13H15N3O4. The summed E-state index contributed by atoms with van der Waals surface area (Å²) in [5, 5.41) is 22.9. The molecule has 20 heavy (non-hydrogen) atoms. The smallest absolute Gasteiger partial charge is 0.337 e. The first kappa shape index (κ1) is 12.8. The van der Waals surface area contributed by atoms with E-state index in [-0.39, 0.29) is 17.1 Å². The molecule has 0 spiro atoms. The number of nitrogens with zero attached hydrogens (tertiary/aromatic N) is 2. The minimum atomic E-state index is -1.22. The predicted molar refractivity (Wildman–Crippen MR) is 70.7 cm³/mol. The van der Waals surface area contributed by atoms with Crippen molar-refractivity contribution in [2.45, 2.75) is 25.7 Å². The maximum absolute atomic E-state index is 11.0. The molecule has 0 radical (unpaired) electrons. The topological polar surface area (TPSA) is 105 Å². The number of nitrogens with one attached hydrogen (secondary N) is 1. The monoisotopic (exact) mass is 277 g/mol. The highest BCUT2D eigenvalue weighted by Gasteiger charge is 2.53. The van der Waals surface area contributed by atoms with Gasteiger partial charge in [-0.1, -0.05) is 0 Å². The van der Waals surface area contributed by atoms with Crippen molar-refractivity contribution in [3.8, 4) is 0 Å². The lowest BCUT2D eigenvalue weighted by atomic mass is 10.0. The summed E-state index contributed by atoms with van der Waals surface area (Å²) < 4.78 is 0. The molecule has 0 bridgehead atoms. The van der Waals surface area contributed by atoms with E-state index in [0.717, 1.165) is 31.0 Å². The van der Waals surface area contributed by atoms with E-state index < -0.39 is 10.9 Å². The van der Waals surface area contributed by atoms with Crippen molar-refractivity contribution in [1.29, 1.82) is 0 Å². The average Bonchev–Trinajstić information content (AvgIpc) is 3.27. The Kier molecular flexibility index (Phi) is 2.84. The number of carbonyl (C=O) groups is 1. The van der Waals surface area contributed by atoms with Crippen LogP contribution in [-0.4, -0.2) is 27.5 Å². The van der Waals surface area contributed by atoms with Crippen LogP contribution in [0.25, 0.3) is 0 Å². The van der Waals surface area contributed by atoms with E-state index in [9.17, 15) is 14.9 Å². The van der Waals surface area contributed by atoms with Crippen LogP contribution in [0.5, 0.6) is 0 Å². The quantitative estimate of drug-likeness (QED) is 0.610. The molecule has 2 fully saturated rings. The molecule has 7 nitrogen and oxygen atoms in total. The zero-order valence-corrected chi connectivity index (χ0v) is 10.8. The van der Waals surface area contributed by atoms with Gasteiger partial charge in [0.1, 0.15) is 0 Å². The molecule has 1 aromatic rings. The third-order valence-electron chi connectivity index (χ3n) is 4.25. The highest BCUT2D eigenvalue weighted by molar-refractivity contribution is 5.88. The minimum absolute atomic E-state index is 0.159. The molecule has 2 aliphatic rings. The normalized spacial score (nSPS) is 19.4. The van der Waals surface area contributed by atoms with Crippen LogP contribution in [0, 0.1) is 21.4 Å². The van der Waals surface area contributed by atoms with Crippen molar-refractivity contribution in [2.75, 3.05) is 11.9 Å². The fraction of sp³-hybridized carbons (Fsp3) is 0.538. The van der Waals surface area contributed by atoms with Gasteiger partial charge in [-0.25, -0.2) is 9.78 Å². The standard InChI is InChI=1S/C13H15N3O4/c17-12(18)8-5-10(16(19)20)11(14-6-8)15-7-13(3-4-13)9-1-2-9/h5-6,9H,1-4,7H2,(H,14,15)(H,17,18). The van der Waals surface area contributed by atoms with Crippen LogP contribution in [0.2, 0.25) is 0 Å². The van der Waals surface area contributed by atoms with E-state index in [1.165, 1.54) is 12.8 Å². The largest absolute Gasteiger partial charge is 0.478 e. The van der Waals surface area contributed by atoms with Crippen molar-refractivity contribution in [3.63, 3.8) is 0 Å². The summed E-state index contributed by atoms with van der Waals surface area (Å²) in [5.41, 5.74) is -0.164. The second kappa shape index (κ2) is 4.43. The predicted octanol–water partition coefficient (Wildman–Crippen LogP) is 2.29. The fourth-order valence-electron chi connectivity index (χ4n) is 2.69. The molecule has 2 N–H and O–H groups in total. The fourth-order valence-corrected chi connectivity index (χ4v) is 2.69. The van der Waals surface area contributed by atoms with Gasteiger partial charge in [0.2, 0.25) is 5.82 Å². The van der Waals surface area contributed by atoms with E-state index in [2.05, 4.69) is 10.3 Å². The maximum Gasteiger partial charge on any atom is 0.337 e. The van der Waals surface area contributed by atoms with Crippen LogP contribution in [0.4, 0.5) is 11.5 Å². The van der Waals surface area contributed by atoms with E-state index in [4.69, 9.17) is 5.11 Å². The molecule has 7 heteroatoms. The number of hydrogen-bond donors (Lipinski definition) is 2. The molecule has 2 aliphatic carbocycles. The number of rotatable bonds is 6. The van der Waals surface area contributed by atoms with E-state index in [1.54, 1.807) is 0 Å². The van der Waals surface area contributed by atoms with Gasteiger partial charge in [0, 0.05) is 18.8 Å². The molecule has 0 amide bonds. The Hall–Kier alpha value is -2.18. The molecule has 2 saturated carbocycles. The van der Waals surface area contributed by atoms with Gasteiger partial charge in [-0.3, -0.25) is 10.1 Å². The van der Waals surface area contributed by atoms with Crippen molar-refractivity contribution >= 4 is 17.5 Å². The summed E-state index contributed by atoms with van der Waals surface area (Å²) >= 11 is 0. The van der Waals surface area contributed by atoms with Gasteiger partial charge in [-0.15, -0.1) is 0 Å². The number of anilines is 1. The maximum atomic E-state index is 11.0. The van der Waals surface area contributed by atoms with Crippen molar-refractivity contribution < 1.29 is 14.8 Å². The van der Waals surface area contributed by atoms with Crippen LogP contribution in [0.15, 0.2) is 12.3 Å². The number of hydrogen-bond acceptors (Lipinski definition) is 5. The zero-order chi connectivity index (χ0) is 14.3. The second-order valence-corrected chi connectivity index (χ2v) is 5.64. The molecular weight excluding hydrogens is 262 g/mol. The van der Waals surface area contributed by atoms with Crippen molar-refractivity contribution in [3.05, 3.63) is 27.9 Å². The van der Waals surface area contributed by atoms with E-state index in [0.29, 0.717) is 12.0 Å². The molecule has 3 rings (SSSR count). The Morgan fingerprint density at radius 1 is 1.55 bits per heavy atom. The Labute approximate surface area is 115 Å². The molecule has 0 unspecified atom stereocenters. The summed E-state index contributed by atoms with van der Waals surface area (Å²) in [4.78, 5) is 25.1. The third-order valence-corrected chi connectivity index (χ3v) is 4.25. The van der Waals surface area contributed by atoms with Gasteiger partial charge >= 0.3 is 11.7 Å². The summed E-state index contributed by atoms with van der Waals surface area (Å²) in [6, 6.07) is 1.05. The van der Waals surface area contributed by atoms with Gasteiger partial charge < -0.3 is 10.4 Å². The number of carboxylic acid groups (broad SMARTS) is 1. The summed E-state index contributed by atoms with van der Waals surface area (Å²) in [7, 11) is 0. The summed E-state index contributed by atoms with van der Waals surface area (Å²) in [6.45, 7) is 0.678. The number of nitro groups is 1. The number of pyridine rings is 1. The van der Waals surface area contributed by atoms with Crippen LogP contribution in [0.1, 0.15) is 36.0 Å². The van der Waals surface area contributed by atoms with Crippen LogP contribution < -0.4 is 5.32 Å². The third kappa shape index (κ3) is 2.31. The lowest BCUT2D eigenvalue weighted by molar-refractivity contribution is -0.384. The molecule has 106 valence electrons. The number of aromatic nitrogens is 1. The Bertz CT molecular complexity index is 579. The van der Waals surface area contributed by atoms with Gasteiger partial charge in [-0.05, 0) is 37.0 Å². The number of carboxylic acids is 1. The molecule has 0 saturated heterocycles. The van der Waals surface area contributed by atoms with Crippen LogP contribution in [0.3, 0.4) is 0 Å². The first-order valence-corrected chi connectivity index (χ1v) is 6.63. The molecule has 0 aliphatic heterocycles. The minimum Gasteiger partial charge on any atom is -0.478 e. The highest BCUT2D eigenvalue weighted by Crippen LogP contribution is 2.61. The average molecular weight is 277 g/mol. The van der Waals surface area contributed by atoms with Gasteiger partial charge in [0.05, 0.1) is 10.5 Å². The number of aromatic carboxylic acids is 1. The summed E-state index contributed by atoms with van der Waals surface area (Å²) in [5.74, 6) is -0.317. The molecule has 1 heterocycles. The van der Waals surface area contributed by atoms with Gasteiger partial charge in [0.25, 0.3) is 0 Å².